The van der Waals surface area contributed by atoms with Crippen molar-refractivity contribution in [3.05, 3.63) is 24.3 Å². The van der Waals surface area contributed by atoms with Gasteiger partial charge in [-0.3, -0.25) is 14.4 Å². The first kappa shape index (κ1) is 60.9. The van der Waals surface area contributed by atoms with Gasteiger partial charge in [-0.2, -0.15) is 0 Å². The van der Waals surface area contributed by atoms with Gasteiger partial charge in [-0.05, 0) is 44.9 Å². The van der Waals surface area contributed by atoms with Crippen molar-refractivity contribution in [2.75, 3.05) is 13.2 Å². The van der Waals surface area contributed by atoms with E-state index >= 15 is 0 Å². The molecule has 0 rings (SSSR count). The number of unbranched alkanes of at least 4 members (excludes halogenated alkanes) is 37. The van der Waals surface area contributed by atoms with Gasteiger partial charge in [0.2, 0.25) is 0 Å². The van der Waals surface area contributed by atoms with Gasteiger partial charge in [-0.1, -0.05) is 263 Å². The van der Waals surface area contributed by atoms with E-state index in [1.165, 1.54) is 186 Å². The first-order valence-corrected chi connectivity index (χ1v) is 27.9. The zero-order chi connectivity index (χ0) is 45.8. The molecule has 0 bridgehead atoms. The van der Waals surface area contributed by atoms with Crippen LogP contribution in [0.2, 0.25) is 0 Å². The third kappa shape index (κ3) is 50.7. The molecule has 0 saturated carbocycles. The predicted octanol–water partition coefficient (Wildman–Crippen LogP) is 18.3. The van der Waals surface area contributed by atoms with Crippen LogP contribution in [0.5, 0.6) is 0 Å². The molecule has 0 aliphatic carbocycles. The fourth-order valence-corrected chi connectivity index (χ4v) is 8.26. The Morgan fingerprint density at radius 3 is 0.841 bits per heavy atom. The minimum Gasteiger partial charge on any atom is -0.462 e. The Morgan fingerprint density at radius 2 is 0.556 bits per heavy atom. The highest BCUT2D eigenvalue weighted by Crippen LogP contribution is 2.16. The maximum Gasteiger partial charge on any atom is 0.306 e. The molecule has 6 heteroatoms. The van der Waals surface area contributed by atoms with Crippen molar-refractivity contribution >= 4 is 17.9 Å². The molecule has 0 amide bonds. The highest BCUT2D eigenvalue weighted by molar-refractivity contribution is 5.71. The Bertz CT molecular complexity index is 1020. The Kier molecular flexibility index (Phi) is 50.8. The zero-order valence-corrected chi connectivity index (χ0v) is 42.4. The van der Waals surface area contributed by atoms with E-state index in [4.69, 9.17) is 14.2 Å². The average molecular weight is 887 g/mol. The molecule has 1 atom stereocenters. The normalized spacial score (nSPS) is 12.1. The SMILES string of the molecule is CCCCCCCCC/C=C\C=C/CCCCCCCC(=O)OCC(COC(=O)CCCCCCCCCCCC)OC(=O)CCCCCCCCCCCCCCCCCCC. The van der Waals surface area contributed by atoms with Gasteiger partial charge in [0.25, 0.3) is 0 Å². The molecule has 0 aliphatic rings. The smallest absolute Gasteiger partial charge is 0.306 e. The molecule has 0 aromatic heterocycles. The van der Waals surface area contributed by atoms with Crippen LogP contribution in [0.15, 0.2) is 24.3 Å². The van der Waals surface area contributed by atoms with Gasteiger partial charge in [0.05, 0.1) is 0 Å². The first-order chi connectivity index (χ1) is 31.0. The van der Waals surface area contributed by atoms with E-state index < -0.39 is 6.10 Å². The van der Waals surface area contributed by atoms with Gasteiger partial charge in [-0.15, -0.1) is 0 Å². The third-order valence-electron chi connectivity index (χ3n) is 12.5. The molecule has 0 aliphatic heterocycles. The summed E-state index contributed by atoms with van der Waals surface area (Å²) in [5.74, 6) is -0.870. The van der Waals surface area contributed by atoms with Crippen LogP contribution in [-0.2, 0) is 28.6 Å². The van der Waals surface area contributed by atoms with Crippen LogP contribution in [0.3, 0.4) is 0 Å². The molecule has 370 valence electrons. The summed E-state index contributed by atoms with van der Waals surface area (Å²) in [5.41, 5.74) is 0. The van der Waals surface area contributed by atoms with Crippen molar-refractivity contribution in [3.8, 4) is 0 Å². The maximum atomic E-state index is 12.8. The molecule has 0 fully saturated rings. The monoisotopic (exact) mass is 887 g/mol. The Hall–Kier alpha value is -2.11. The van der Waals surface area contributed by atoms with E-state index in [1.54, 1.807) is 0 Å². The molecule has 0 spiro atoms. The molecule has 0 radical (unpaired) electrons. The van der Waals surface area contributed by atoms with Crippen molar-refractivity contribution in [1.29, 1.82) is 0 Å². The topological polar surface area (TPSA) is 78.9 Å². The van der Waals surface area contributed by atoms with E-state index in [0.717, 1.165) is 77.0 Å². The molecule has 0 aromatic rings. The van der Waals surface area contributed by atoms with Crippen LogP contribution in [-0.4, -0.2) is 37.2 Å². The average Bonchev–Trinajstić information content (AvgIpc) is 3.28. The van der Waals surface area contributed by atoms with E-state index in [0.29, 0.717) is 19.3 Å². The van der Waals surface area contributed by atoms with Gasteiger partial charge >= 0.3 is 17.9 Å². The largest absolute Gasteiger partial charge is 0.462 e. The van der Waals surface area contributed by atoms with E-state index in [-0.39, 0.29) is 31.1 Å². The number of carbonyl (C=O) groups excluding carboxylic acids is 3. The van der Waals surface area contributed by atoms with Gasteiger partial charge < -0.3 is 14.2 Å². The van der Waals surface area contributed by atoms with Crippen LogP contribution in [0.25, 0.3) is 0 Å². The predicted molar refractivity (Wildman–Crippen MR) is 270 cm³/mol. The molecule has 0 aromatic carbocycles. The third-order valence-corrected chi connectivity index (χ3v) is 12.5. The minimum atomic E-state index is -0.771. The summed E-state index contributed by atoms with van der Waals surface area (Å²) < 4.78 is 16.8. The van der Waals surface area contributed by atoms with Crippen LogP contribution in [0.4, 0.5) is 0 Å². The van der Waals surface area contributed by atoms with E-state index in [9.17, 15) is 14.4 Å². The first-order valence-electron chi connectivity index (χ1n) is 27.9. The molecule has 1 unspecified atom stereocenters. The molecule has 0 heterocycles. The summed E-state index contributed by atoms with van der Waals surface area (Å²) in [6.07, 6.45) is 60.2. The zero-order valence-electron chi connectivity index (χ0n) is 42.4. The summed E-state index contributed by atoms with van der Waals surface area (Å²) in [4.78, 5) is 38.0. The molecular formula is C57H106O6. The quantitative estimate of drug-likeness (QED) is 0.0262. The van der Waals surface area contributed by atoms with Gasteiger partial charge in [0, 0.05) is 19.3 Å². The number of carbonyl (C=O) groups is 3. The maximum absolute atomic E-state index is 12.8. The Morgan fingerprint density at radius 1 is 0.317 bits per heavy atom. The van der Waals surface area contributed by atoms with Crippen LogP contribution < -0.4 is 0 Å². The molecular weight excluding hydrogens is 781 g/mol. The van der Waals surface area contributed by atoms with Crippen LogP contribution in [0.1, 0.15) is 303 Å². The van der Waals surface area contributed by atoms with E-state index in [1.807, 2.05) is 0 Å². The van der Waals surface area contributed by atoms with Gasteiger partial charge in [0.15, 0.2) is 6.10 Å². The molecule has 63 heavy (non-hydrogen) atoms. The van der Waals surface area contributed by atoms with Crippen molar-refractivity contribution in [2.24, 2.45) is 0 Å². The lowest BCUT2D eigenvalue weighted by Gasteiger charge is -2.18. The lowest BCUT2D eigenvalue weighted by molar-refractivity contribution is -0.167. The number of allylic oxidation sites excluding steroid dienone is 4. The summed E-state index contributed by atoms with van der Waals surface area (Å²) in [7, 11) is 0. The summed E-state index contributed by atoms with van der Waals surface area (Å²) in [6.45, 7) is 6.65. The number of hydrogen-bond donors (Lipinski definition) is 0. The van der Waals surface area contributed by atoms with Crippen LogP contribution in [0, 0.1) is 0 Å². The van der Waals surface area contributed by atoms with Crippen LogP contribution >= 0.6 is 0 Å². The summed E-state index contributed by atoms with van der Waals surface area (Å²) >= 11 is 0. The molecule has 6 nitrogen and oxygen atoms in total. The van der Waals surface area contributed by atoms with Crippen molar-refractivity contribution in [3.63, 3.8) is 0 Å². The molecule has 0 N–H and O–H groups in total. The Balaban J connectivity index is 4.31. The summed E-state index contributed by atoms with van der Waals surface area (Å²) in [5, 5.41) is 0. The van der Waals surface area contributed by atoms with Crippen molar-refractivity contribution in [2.45, 2.75) is 309 Å². The Labute approximate surface area is 392 Å². The number of ether oxygens (including phenoxy) is 3. The standard InChI is InChI=1S/C57H106O6/c1-4-7-10-13-16-19-22-24-26-28-30-31-33-35-38-41-44-47-50-56(59)62-53-54(52-61-55(58)49-46-43-40-37-21-18-15-12-9-6-3)63-57(60)51-48-45-42-39-36-34-32-29-27-25-23-20-17-14-11-8-5-2/h26,28,30-31,54H,4-25,27,29,32-53H2,1-3H3/b28-26-,31-30-. The highest BCUT2D eigenvalue weighted by atomic mass is 16.6. The second-order valence-electron chi connectivity index (χ2n) is 18.9. The number of esters is 3. The fraction of sp³-hybridized carbons (Fsp3) is 0.877. The van der Waals surface area contributed by atoms with Crippen molar-refractivity contribution in [1.82, 2.24) is 0 Å². The second-order valence-corrected chi connectivity index (χ2v) is 18.9. The van der Waals surface area contributed by atoms with E-state index in [2.05, 4.69) is 45.1 Å². The minimum absolute atomic E-state index is 0.0713. The number of rotatable bonds is 51. The fourth-order valence-electron chi connectivity index (χ4n) is 8.26. The van der Waals surface area contributed by atoms with Crippen molar-refractivity contribution < 1.29 is 28.6 Å². The lowest BCUT2D eigenvalue weighted by atomic mass is 10.0. The highest BCUT2D eigenvalue weighted by Gasteiger charge is 2.19. The van der Waals surface area contributed by atoms with Gasteiger partial charge in [-0.25, -0.2) is 0 Å². The summed E-state index contributed by atoms with van der Waals surface area (Å²) in [6, 6.07) is 0. The number of hydrogen-bond acceptors (Lipinski definition) is 6. The second kappa shape index (κ2) is 52.5. The molecule has 0 saturated heterocycles. The van der Waals surface area contributed by atoms with Gasteiger partial charge in [0.1, 0.15) is 13.2 Å². The lowest BCUT2D eigenvalue weighted by Crippen LogP contribution is -2.30.